The van der Waals surface area contributed by atoms with Crippen molar-refractivity contribution in [3.8, 4) is 0 Å². The van der Waals surface area contributed by atoms with E-state index in [1.165, 1.54) is 70.6 Å². The van der Waals surface area contributed by atoms with Gasteiger partial charge in [0.2, 0.25) is 0 Å². The number of hydrogen-bond acceptors (Lipinski definition) is 2. The zero-order valence-corrected chi connectivity index (χ0v) is 11.7. The maximum Gasteiger partial charge on any atom is 0.108 e. The van der Waals surface area contributed by atoms with Crippen LogP contribution in [-0.2, 0) is 4.74 Å². The lowest BCUT2D eigenvalue weighted by atomic mass is 10.1. The van der Waals surface area contributed by atoms with E-state index < -0.39 is 0 Å². The van der Waals surface area contributed by atoms with Crippen LogP contribution in [0.3, 0.4) is 0 Å². The summed E-state index contributed by atoms with van der Waals surface area (Å²) in [7, 11) is 0. The number of rotatable bonds is 11. The maximum absolute atomic E-state index is 5.52. The first-order chi connectivity index (χ1) is 8.43. The fourth-order valence-corrected chi connectivity index (χ4v) is 2.48. The zero-order chi connectivity index (χ0) is 12.2. The average molecular weight is 241 g/mol. The van der Waals surface area contributed by atoms with Gasteiger partial charge in [-0.3, -0.25) is 5.32 Å². The zero-order valence-electron chi connectivity index (χ0n) is 11.7. The molecule has 0 aliphatic carbocycles. The van der Waals surface area contributed by atoms with Crippen LogP contribution >= 0.6 is 0 Å². The van der Waals surface area contributed by atoms with Crippen LogP contribution in [0.2, 0.25) is 0 Å². The van der Waals surface area contributed by atoms with Gasteiger partial charge >= 0.3 is 0 Å². The molecule has 1 saturated heterocycles. The molecule has 0 spiro atoms. The molecule has 1 fully saturated rings. The SMILES string of the molecule is CCCCCCCCCCCCC1NCCO1. The molecule has 2 heteroatoms. The molecule has 0 bridgehead atoms. The highest BCUT2D eigenvalue weighted by Gasteiger charge is 2.12. The molecule has 1 rings (SSSR count). The molecule has 17 heavy (non-hydrogen) atoms. The lowest BCUT2D eigenvalue weighted by Gasteiger charge is -2.08. The van der Waals surface area contributed by atoms with Crippen molar-refractivity contribution >= 4 is 0 Å². The van der Waals surface area contributed by atoms with Gasteiger partial charge in [-0.15, -0.1) is 0 Å². The molecular formula is C15H31NO. The number of unbranched alkanes of at least 4 members (excludes halogenated alkanes) is 9. The Morgan fingerprint density at radius 2 is 1.47 bits per heavy atom. The molecule has 1 unspecified atom stereocenters. The Labute approximate surface area is 108 Å². The molecule has 102 valence electrons. The van der Waals surface area contributed by atoms with E-state index in [1.807, 2.05) is 0 Å². The Morgan fingerprint density at radius 1 is 0.882 bits per heavy atom. The molecule has 1 atom stereocenters. The van der Waals surface area contributed by atoms with E-state index in [9.17, 15) is 0 Å². The highest BCUT2D eigenvalue weighted by atomic mass is 16.5. The second kappa shape index (κ2) is 11.0. The summed E-state index contributed by atoms with van der Waals surface area (Å²) in [6.45, 7) is 4.23. The Hall–Kier alpha value is -0.0800. The summed E-state index contributed by atoms with van der Waals surface area (Å²) in [6, 6.07) is 0. The van der Waals surface area contributed by atoms with Crippen molar-refractivity contribution < 1.29 is 4.74 Å². The Bertz CT molecular complexity index is 155. The maximum atomic E-state index is 5.52. The Morgan fingerprint density at radius 3 is 2.00 bits per heavy atom. The lowest BCUT2D eigenvalue weighted by molar-refractivity contribution is 0.0919. The van der Waals surface area contributed by atoms with Crippen LogP contribution in [0.15, 0.2) is 0 Å². The molecule has 0 radical (unpaired) electrons. The smallest absolute Gasteiger partial charge is 0.108 e. The van der Waals surface area contributed by atoms with Gasteiger partial charge in [-0.2, -0.15) is 0 Å². The van der Waals surface area contributed by atoms with Crippen molar-refractivity contribution in [1.29, 1.82) is 0 Å². The van der Waals surface area contributed by atoms with Crippen LogP contribution in [0.25, 0.3) is 0 Å². The van der Waals surface area contributed by atoms with Crippen LogP contribution in [0.5, 0.6) is 0 Å². The van der Waals surface area contributed by atoms with E-state index in [0.717, 1.165) is 13.2 Å². The van der Waals surface area contributed by atoms with E-state index in [0.29, 0.717) is 6.23 Å². The third kappa shape index (κ3) is 8.62. The lowest BCUT2D eigenvalue weighted by Crippen LogP contribution is -2.21. The third-order valence-corrected chi connectivity index (χ3v) is 3.61. The van der Waals surface area contributed by atoms with Crippen molar-refractivity contribution in [2.24, 2.45) is 0 Å². The minimum atomic E-state index is 0.365. The fourth-order valence-electron chi connectivity index (χ4n) is 2.48. The predicted octanol–water partition coefficient (Wildman–Crippen LogP) is 4.24. The van der Waals surface area contributed by atoms with Crippen LogP contribution in [0.1, 0.15) is 77.6 Å². The topological polar surface area (TPSA) is 21.3 Å². The highest BCUT2D eigenvalue weighted by Crippen LogP contribution is 2.12. The molecular weight excluding hydrogens is 210 g/mol. The van der Waals surface area contributed by atoms with E-state index in [1.54, 1.807) is 0 Å². The van der Waals surface area contributed by atoms with Crippen LogP contribution in [0.4, 0.5) is 0 Å². The summed E-state index contributed by atoms with van der Waals surface area (Å²) >= 11 is 0. The van der Waals surface area contributed by atoms with Gasteiger partial charge in [-0.25, -0.2) is 0 Å². The highest BCUT2D eigenvalue weighted by molar-refractivity contribution is 4.62. The molecule has 0 saturated carbocycles. The molecule has 0 amide bonds. The number of ether oxygens (including phenoxy) is 1. The van der Waals surface area contributed by atoms with Gasteiger partial charge in [0, 0.05) is 6.54 Å². The Balaban J connectivity index is 1.69. The third-order valence-electron chi connectivity index (χ3n) is 3.61. The van der Waals surface area contributed by atoms with E-state index in [4.69, 9.17) is 4.74 Å². The van der Waals surface area contributed by atoms with E-state index >= 15 is 0 Å². The van der Waals surface area contributed by atoms with E-state index in [-0.39, 0.29) is 0 Å². The van der Waals surface area contributed by atoms with Crippen molar-refractivity contribution in [3.05, 3.63) is 0 Å². The number of hydrogen-bond donors (Lipinski definition) is 1. The van der Waals surface area contributed by atoms with Gasteiger partial charge in [0.25, 0.3) is 0 Å². The van der Waals surface area contributed by atoms with Gasteiger partial charge in [-0.1, -0.05) is 64.7 Å². The molecule has 0 aromatic carbocycles. The summed E-state index contributed by atoms with van der Waals surface area (Å²) < 4.78 is 5.52. The van der Waals surface area contributed by atoms with Gasteiger partial charge in [0.1, 0.15) is 6.23 Å². The first kappa shape index (κ1) is 15.0. The van der Waals surface area contributed by atoms with E-state index in [2.05, 4.69) is 12.2 Å². The van der Waals surface area contributed by atoms with Gasteiger partial charge in [0.05, 0.1) is 6.61 Å². The molecule has 0 aromatic heterocycles. The molecule has 1 N–H and O–H groups in total. The summed E-state index contributed by atoms with van der Waals surface area (Å²) in [5.41, 5.74) is 0. The fraction of sp³-hybridized carbons (Fsp3) is 1.00. The largest absolute Gasteiger partial charge is 0.362 e. The van der Waals surface area contributed by atoms with Crippen molar-refractivity contribution in [2.75, 3.05) is 13.2 Å². The summed E-state index contributed by atoms with van der Waals surface area (Å²) in [5, 5.41) is 3.37. The van der Waals surface area contributed by atoms with Crippen molar-refractivity contribution in [3.63, 3.8) is 0 Å². The first-order valence-electron chi connectivity index (χ1n) is 7.78. The quantitative estimate of drug-likeness (QED) is 0.546. The second-order valence-corrected chi connectivity index (χ2v) is 5.28. The number of nitrogens with one attached hydrogen (secondary N) is 1. The normalized spacial score (nSPS) is 19.9. The van der Waals surface area contributed by atoms with Crippen LogP contribution in [-0.4, -0.2) is 19.4 Å². The monoisotopic (exact) mass is 241 g/mol. The molecule has 0 aromatic rings. The average Bonchev–Trinajstić information content (AvgIpc) is 2.85. The van der Waals surface area contributed by atoms with Crippen LogP contribution in [0, 0.1) is 0 Å². The predicted molar refractivity (Wildman–Crippen MR) is 74.2 cm³/mol. The molecule has 2 nitrogen and oxygen atoms in total. The molecule has 1 heterocycles. The summed E-state index contributed by atoms with van der Waals surface area (Å²) in [6.07, 6.45) is 15.7. The molecule has 1 aliphatic rings. The van der Waals surface area contributed by atoms with Gasteiger partial charge < -0.3 is 4.74 Å². The van der Waals surface area contributed by atoms with Crippen LogP contribution < -0.4 is 5.32 Å². The van der Waals surface area contributed by atoms with Crippen molar-refractivity contribution in [1.82, 2.24) is 5.32 Å². The Kier molecular flexibility index (Phi) is 9.72. The summed E-state index contributed by atoms with van der Waals surface area (Å²) in [4.78, 5) is 0. The molecule has 1 aliphatic heterocycles. The van der Waals surface area contributed by atoms with Gasteiger partial charge in [0.15, 0.2) is 0 Å². The minimum absolute atomic E-state index is 0.365. The minimum Gasteiger partial charge on any atom is -0.362 e. The standard InChI is InChI=1S/C15H31NO/c1-2-3-4-5-6-7-8-9-10-11-12-15-16-13-14-17-15/h15-16H,2-14H2,1H3. The van der Waals surface area contributed by atoms with Gasteiger partial charge in [-0.05, 0) is 12.8 Å². The first-order valence-corrected chi connectivity index (χ1v) is 7.78. The van der Waals surface area contributed by atoms with Crippen molar-refractivity contribution in [2.45, 2.75) is 83.8 Å². The second-order valence-electron chi connectivity index (χ2n) is 5.28. The summed E-state index contributed by atoms with van der Waals surface area (Å²) in [5.74, 6) is 0.